The van der Waals surface area contributed by atoms with Gasteiger partial charge >= 0.3 is 0 Å². The Morgan fingerprint density at radius 1 is 0.333 bits per heavy atom. The molecular formula is C30H20N6. The predicted octanol–water partition coefficient (Wildman–Crippen LogP) is 6.39. The van der Waals surface area contributed by atoms with Gasteiger partial charge in [-0.25, -0.2) is 0 Å². The van der Waals surface area contributed by atoms with E-state index < -0.39 is 0 Å². The van der Waals surface area contributed by atoms with Gasteiger partial charge in [-0.2, -0.15) is 0 Å². The third kappa shape index (κ3) is 4.01. The molecule has 0 aliphatic carbocycles. The van der Waals surface area contributed by atoms with Crippen LogP contribution >= 0.6 is 0 Å². The summed E-state index contributed by atoms with van der Waals surface area (Å²) in [6.45, 7) is 0. The Labute approximate surface area is 208 Å². The highest BCUT2D eigenvalue weighted by molar-refractivity contribution is 5.94. The first-order valence-electron chi connectivity index (χ1n) is 11.5. The zero-order valence-corrected chi connectivity index (χ0v) is 19.2. The molecule has 4 aromatic heterocycles. The van der Waals surface area contributed by atoms with Crippen LogP contribution in [0.2, 0.25) is 0 Å². The fourth-order valence-corrected chi connectivity index (χ4v) is 4.32. The number of rotatable bonds is 5. The van der Waals surface area contributed by atoms with Crippen molar-refractivity contribution < 1.29 is 0 Å². The molecule has 4 heterocycles. The number of benzene rings is 2. The Bertz CT molecular complexity index is 1510. The maximum Gasteiger partial charge on any atom is 0.0986 e. The van der Waals surface area contributed by atoms with Crippen LogP contribution in [-0.2, 0) is 0 Å². The van der Waals surface area contributed by atoms with E-state index in [0.717, 1.165) is 56.2 Å². The van der Waals surface area contributed by atoms with Crippen LogP contribution in [0.5, 0.6) is 0 Å². The zero-order chi connectivity index (χ0) is 24.2. The Hall–Kier alpha value is -5.10. The Morgan fingerprint density at radius 3 is 1.14 bits per heavy atom. The SMILES string of the molecule is c1ccc(-c2nccnc2-c2cnccc2-c2ccncc2-c2nccnc2-c2ccccc2)cc1. The van der Waals surface area contributed by atoms with E-state index in [9.17, 15) is 0 Å². The van der Waals surface area contributed by atoms with E-state index in [4.69, 9.17) is 9.97 Å². The van der Waals surface area contributed by atoms with Gasteiger partial charge in [-0.05, 0) is 23.3 Å². The molecular weight excluding hydrogens is 444 g/mol. The minimum absolute atomic E-state index is 0.761. The highest BCUT2D eigenvalue weighted by atomic mass is 14.8. The van der Waals surface area contributed by atoms with Crippen LogP contribution in [0.4, 0.5) is 0 Å². The maximum absolute atomic E-state index is 4.73. The van der Waals surface area contributed by atoms with Crippen molar-refractivity contribution in [1.82, 2.24) is 29.9 Å². The van der Waals surface area contributed by atoms with Crippen LogP contribution in [0.3, 0.4) is 0 Å². The lowest BCUT2D eigenvalue weighted by atomic mass is 9.92. The largest absolute Gasteiger partial charge is 0.264 e. The zero-order valence-electron chi connectivity index (χ0n) is 19.2. The second-order valence-electron chi connectivity index (χ2n) is 8.08. The standard InChI is InChI=1S/C30H20N6/c1-3-7-21(8-4-1)27-29(35-17-15-33-27)25-19-31-13-11-23(25)24-12-14-32-20-26(24)30-28(34-16-18-36-30)22-9-5-2-6-10-22/h1-20H. The summed E-state index contributed by atoms with van der Waals surface area (Å²) in [6, 6.07) is 24.1. The molecule has 36 heavy (non-hydrogen) atoms. The number of nitrogens with zero attached hydrogens (tertiary/aromatic N) is 6. The molecule has 0 N–H and O–H groups in total. The molecule has 0 radical (unpaired) electrons. The van der Waals surface area contributed by atoms with Gasteiger partial charge in [0.1, 0.15) is 0 Å². The summed E-state index contributed by atoms with van der Waals surface area (Å²) in [5.41, 5.74) is 8.78. The number of hydrogen-bond acceptors (Lipinski definition) is 6. The number of pyridine rings is 2. The normalized spacial score (nSPS) is 10.8. The molecule has 6 nitrogen and oxygen atoms in total. The quantitative estimate of drug-likeness (QED) is 0.294. The molecule has 2 aromatic carbocycles. The Balaban J connectivity index is 1.56. The van der Waals surface area contributed by atoms with Gasteiger partial charge in [-0.3, -0.25) is 29.9 Å². The summed E-state index contributed by atoms with van der Waals surface area (Å²) in [4.78, 5) is 27.7. The molecule has 0 saturated carbocycles. The van der Waals surface area contributed by atoms with Crippen LogP contribution in [0, 0.1) is 0 Å². The van der Waals surface area contributed by atoms with Crippen molar-refractivity contribution in [3.8, 4) is 56.2 Å². The molecule has 6 heteroatoms. The highest BCUT2D eigenvalue weighted by Crippen LogP contribution is 2.40. The minimum Gasteiger partial charge on any atom is -0.264 e. The molecule has 0 spiro atoms. The van der Waals surface area contributed by atoms with E-state index >= 15 is 0 Å². The van der Waals surface area contributed by atoms with Gasteiger partial charge < -0.3 is 0 Å². The monoisotopic (exact) mass is 464 g/mol. The summed E-state index contributed by atoms with van der Waals surface area (Å²) < 4.78 is 0. The van der Waals surface area contributed by atoms with E-state index in [0.29, 0.717) is 0 Å². The first kappa shape index (κ1) is 21.4. The molecule has 0 amide bonds. The second-order valence-corrected chi connectivity index (χ2v) is 8.08. The lowest BCUT2D eigenvalue weighted by Crippen LogP contribution is -1.98. The van der Waals surface area contributed by atoms with E-state index in [2.05, 4.69) is 19.9 Å². The van der Waals surface area contributed by atoms with Crippen LogP contribution in [0.25, 0.3) is 56.2 Å². The highest BCUT2D eigenvalue weighted by Gasteiger charge is 2.20. The average molecular weight is 465 g/mol. The third-order valence-corrected chi connectivity index (χ3v) is 5.93. The van der Waals surface area contributed by atoms with Crippen molar-refractivity contribution in [3.63, 3.8) is 0 Å². The van der Waals surface area contributed by atoms with Gasteiger partial charge in [0.15, 0.2) is 0 Å². The molecule has 6 aromatic rings. The van der Waals surface area contributed by atoms with Crippen molar-refractivity contribution in [2.75, 3.05) is 0 Å². The number of hydrogen-bond donors (Lipinski definition) is 0. The average Bonchev–Trinajstić information content (AvgIpc) is 2.98. The second kappa shape index (κ2) is 9.64. The van der Waals surface area contributed by atoms with Gasteiger partial charge in [0, 0.05) is 71.8 Å². The van der Waals surface area contributed by atoms with Gasteiger partial charge in [-0.15, -0.1) is 0 Å². The lowest BCUT2D eigenvalue weighted by Gasteiger charge is -2.16. The molecule has 0 aliphatic heterocycles. The van der Waals surface area contributed by atoms with Crippen molar-refractivity contribution in [3.05, 3.63) is 122 Å². The van der Waals surface area contributed by atoms with Gasteiger partial charge in [-0.1, -0.05) is 60.7 Å². The van der Waals surface area contributed by atoms with E-state index in [1.807, 2.05) is 85.2 Å². The van der Waals surface area contributed by atoms with Crippen LogP contribution < -0.4 is 0 Å². The van der Waals surface area contributed by atoms with E-state index in [1.54, 1.807) is 37.2 Å². The summed E-state index contributed by atoms with van der Waals surface area (Å²) in [7, 11) is 0. The third-order valence-electron chi connectivity index (χ3n) is 5.93. The molecule has 0 fully saturated rings. The van der Waals surface area contributed by atoms with E-state index in [1.165, 1.54) is 0 Å². The van der Waals surface area contributed by atoms with Gasteiger partial charge in [0.05, 0.1) is 22.8 Å². The fraction of sp³-hybridized carbons (Fsp3) is 0. The van der Waals surface area contributed by atoms with Gasteiger partial charge in [0.2, 0.25) is 0 Å². The smallest absolute Gasteiger partial charge is 0.0986 e. The fourth-order valence-electron chi connectivity index (χ4n) is 4.32. The lowest BCUT2D eigenvalue weighted by molar-refractivity contribution is 1.19. The van der Waals surface area contributed by atoms with Crippen molar-refractivity contribution in [2.45, 2.75) is 0 Å². The summed E-state index contributed by atoms with van der Waals surface area (Å²) in [5, 5.41) is 0. The molecule has 6 rings (SSSR count). The Kier molecular flexibility index (Phi) is 5.74. The first-order chi connectivity index (χ1) is 17.9. The first-order valence-corrected chi connectivity index (χ1v) is 11.5. The van der Waals surface area contributed by atoms with E-state index in [-0.39, 0.29) is 0 Å². The molecule has 0 unspecified atom stereocenters. The number of aromatic nitrogens is 6. The van der Waals surface area contributed by atoms with Gasteiger partial charge in [0.25, 0.3) is 0 Å². The van der Waals surface area contributed by atoms with Crippen LogP contribution in [0.15, 0.2) is 122 Å². The summed E-state index contributed by atoms with van der Waals surface area (Å²) >= 11 is 0. The summed E-state index contributed by atoms with van der Waals surface area (Å²) in [6.07, 6.45) is 14.1. The van der Waals surface area contributed by atoms with Crippen molar-refractivity contribution >= 4 is 0 Å². The molecule has 0 bridgehead atoms. The Morgan fingerprint density at radius 2 is 0.722 bits per heavy atom. The summed E-state index contributed by atoms with van der Waals surface area (Å²) in [5.74, 6) is 0. The van der Waals surface area contributed by atoms with Crippen LogP contribution in [-0.4, -0.2) is 29.9 Å². The molecule has 0 aliphatic rings. The van der Waals surface area contributed by atoms with Crippen molar-refractivity contribution in [2.24, 2.45) is 0 Å². The minimum atomic E-state index is 0.761. The van der Waals surface area contributed by atoms with Crippen molar-refractivity contribution in [1.29, 1.82) is 0 Å². The molecule has 170 valence electrons. The maximum atomic E-state index is 4.73. The topological polar surface area (TPSA) is 77.3 Å². The molecule has 0 atom stereocenters. The molecule has 0 saturated heterocycles. The predicted molar refractivity (Wildman–Crippen MR) is 140 cm³/mol. The van der Waals surface area contributed by atoms with Crippen LogP contribution in [0.1, 0.15) is 0 Å².